The zero-order chi connectivity index (χ0) is 41.0. The zero-order valence-electron chi connectivity index (χ0n) is 35.6. The van der Waals surface area contributed by atoms with Gasteiger partial charge in [-0.2, -0.15) is 0 Å². The van der Waals surface area contributed by atoms with E-state index in [0.29, 0.717) is 27.9 Å². The van der Waals surface area contributed by atoms with Crippen LogP contribution in [0.5, 0.6) is 0 Å². The van der Waals surface area contributed by atoms with E-state index in [1.165, 1.54) is 12.1 Å². The third-order valence-corrected chi connectivity index (χ3v) is 8.83. The van der Waals surface area contributed by atoms with Crippen molar-refractivity contribution in [2.24, 2.45) is 0 Å². The number of para-hydroxylation sites is 1. The van der Waals surface area contributed by atoms with Crippen molar-refractivity contribution < 1.29 is 18.1 Å². The highest BCUT2D eigenvalue weighted by molar-refractivity contribution is 6.14. The van der Waals surface area contributed by atoms with Gasteiger partial charge in [-0.25, -0.2) is 15.0 Å². The van der Waals surface area contributed by atoms with Gasteiger partial charge < -0.3 is 4.42 Å². The van der Waals surface area contributed by atoms with Crippen LogP contribution in [-0.2, 0) is 0 Å². The Bertz CT molecular complexity index is 3450. The fourth-order valence-electron chi connectivity index (χ4n) is 6.56. The third kappa shape index (κ3) is 4.57. The Kier molecular flexibility index (Phi) is 4.31. The van der Waals surface area contributed by atoms with Gasteiger partial charge in [0.2, 0.25) is 0 Å². The first kappa shape index (κ1) is 19.2. The predicted molar refractivity (Wildman–Crippen MR) is 201 cm³/mol. The highest BCUT2D eigenvalue weighted by Gasteiger charge is 2.19. The van der Waals surface area contributed by atoms with Crippen LogP contribution < -0.4 is 0 Å². The smallest absolute Gasteiger partial charge is 0.164 e. The molecular weight excluding hydrogens is 599 g/mol. The molecule has 0 unspecified atom stereocenters. The molecule has 49 heavy (non-hydrogen) atoms. The minimum atomic E-state index is -0.457. The van der Waals surface area contributed by atoms with Gasteiger partial charge in [0.15, 0.2) is 17.5 Å². The summed E-state index contributed by atoms with van der Waals surface area (Å²) in [5, 5.41) is 5.98. The summed E-state index contributed by atoms with van der Waals surface area (Å²) in [5.41, 5.74) is 2.19. The second-order valence-corrected chi connectivity index (χ2v) is 11.7. The van der Waals surface area contributed by atoms with Gasteiger partial charge in [-0.3, -0.25) is 0 Å². The van der Waals surface area contributed by atoms with E-state index in [9.17, 15) is 1.37 Å². The molecule has 4 heteroatoms. The van der Waals surface area contributed by atoms with Crippen molar-refractivity contribution in [1.29, 1.82) is 0 Å². The zero-order valence-corrected chi connectivity index (χ0v) is 25.6. The molecule has 0 aliphatic rings. The molecule has 0 radical (unpaired) electrons. The molecule has 2 heterocycles. The molecule has 2 aromatic heterocycles. The van der Waals surface area contributed by atoms with Gasteiger partial charge in [0.1, 0.15) is 11.2 Å². The SMILES string of the molecule is [2H]c1cc2c(oc3c([2H])cc([2H])c(-c4nc(-c5ccc6cc(-c7c([2H])c([2H])c([2H])c([2H])c7[2H])ccc6c5)nc(-c5cc6ccccc6c6ccccc56)n4)c32)c([2H])c1[2H]. The minimum Gasteiger partial charge on any atom is -0.456 e. The van der Waals surface area contributed by atoms with Crippen molar-refractivity contribution >= 4 is 54.3 Å². The Balaban J connectivity index is 1.24. The number of rotatable bonds is 4. The molecule has 0 spiro atoms. The fraction of sp³-hybridized carbons (Fsp3) is 0. The van der Waals surface area contributed by atoms with Gasteiger partial charge in [0, 0.05) is 27.5 Å². The molecule has 0 saturated carbocycles. The van der Waals surface area contributed by atoms with E-state index in [1.54, 1.807) is 12.1 Å². The first-order valence-electron chi connectivity index (χ1n) is 20.6. The van der Waals surface area contributed by atoms with Crippen LogP contribution in [-0.4, -0.2) is 15.0 Å². The van der Waals surface area contributed by atoms with Crippen LogP contribution in [0.25, 0.3) is 99.5 Å². The lowest BCUT2D eigenvalue weighted by Gasteiger charge is -2.13. The Morgan fingerprint density at radius 2 is 1.10 bits per heavy atom. The molecule has 0 atom stereocenters. The summed E-state index contributed by atoms with van der Waals surface area (Å²) in [6.07, 6.45) is 0. The summed E-state index contributed by atoms with van der Waals surface area (Å²) >= 11 is 0. The second kappa shape index (κ2) is 11.0. The highest BCUT2D eigenvalue weighted by atomic mass is 16.3. The van der Waals surface area contributed by atoms with Crippen LogP contribution in [0, 0.1) is 0 Å². The Labute approximate surface area is 296 Å². The Morgan fingerprint density at radius 3 is 1.96 bits per heavy atom. The Morgan fingerprint density at radius 1 is 0.408 bits per heavy atom. The lowest BCUT2D eigenvalue weighted by Crippen LogP contribution is -2.01. The molecule has 10 rings (SSSR count). The fourth-order valence-corrected chi connectivity index (χ4v) is 6.56. The van der Waals surface area contributed by atoms with Crippen LogP contribution in [0.15, 0.2) is 168 Å². The molecule has 0 saturated heterocycles. The molecular formula is C45H27N3O. The van der Waals surface area contributed by atoms with E-state index in [0.717, 1.165) is 32.3 Å². The molecule has 10 aromatic rings. The number of aromatic nitrogens is 3. The van der Waals surface area contributed by atoms with Crippen LogP contribution in [0.4, 0.5) is 0 Å². The molecule has 0 fully saturated rings. The Hall–Kier alpha value is -6.65. The van der Waals surface area contributed by atoms with Gasteiger partial charge in [-0.05, 0) is 73.7 Å². The number of hydrogen-bond acceptors (Lipinski definition) is 4. The average Bonchev–Trinajstić information content (AvgIpc) is 3.63. The summed E-state index contributed by atoms with van der Waals surface area (Å²) in [7, 11) is 0. The van der Waals surface area contributed by atoms with Gasteiger partial charge >= 0.3 is 0 Å². The number of hydrogen-bond donors (Lipinski definition) is 0. The number of benzene rings is 8. The molecule has 0 aliphatic carbocycles. The summed E-state index contributed by atoms with van der Waals surface area (Å²) in [6, 6.07) is 28.7. The predicted octanol–water partition coefficient (Wildman–Crippen LogP) is 11.9. The molecule has 4 nitrogen and oxygen atoms in total. The molecule has 228 valence electrons. The van der Waals surface area contributed by atoms with Crippen molar-refractivity contribution in [3.63, 3.8) is 0 Å². The molecule has 0 amide bonds. The normalized spacial score (nSPS) is 14.5. The first-order valence-corrected chi connectivity index (χ1v) is 15.6. The van der Waals surface area contributed by atoms with E-state index >= 15 is 0 Å². The van der Waals surface area contributed by atoms with Crippen LogP contribution in [0.2, 0.25) is 0 Å². The minimum absolute atomic E-state index is 0.0221. The maximum absolute atomic E-state index is 9.20. The average molecular weight is 636 g/mol. The molecule has 0 aliphatic heterocycles. The standard InChI is InChI=1S/C45H27N3O/c1-2-11-28(12-3-1)29-21-22-31-26-33(24-23-30(31)25-29)43-46-44(38-18-10-20-41-42(38)37-17-8-9-19-40(37)49-41)48-45(47-43)39-27-32-13-4-5-14-34(32)35-15-6-7-16-36(35)39/h1-27H/i1D,2D,3D,8D,9D,11D,12D,18D,19D,20D. The lowest BCUT2D eigenvalue weighted by atomic mass is 9.96. The lowest BCUT2D eigenvalue weighted by molar-refractivity contribution is 0.669. The van der Waals surface area contributed by atoms with E-state index in [-0.39, 0.29) is 81.6 Å². The van der Waals surface area contributed by atoms with Crippen molar-refractivity contribution in [2.45, 2.75) is 0 Å². The maximum Gasteiger partial charge on any atom is 0.164 e. The van der Waals surface area contributed by atoms with Crippen LogP contribution >= 0.6 is 0 Å². The molecule has 0 bridgehead atoms. The maximum atomic E-state index is 9.20. The first-order chi connectivity index (χ1) is 28.4. The van der Waals surface area contributed by atoms with Crippen molar-refractivity contribution in [3.05, 3.63) is 164 Å². The number of furan rings is 1. The van der Waals surface area contributed by atoms with Crippen LogP contribution in [0.3, 0.4) is 0 Å². The largest absolute Gasteiger partial charge is 0.456 e. The quantitative estimate of drug-likeness (QED) is 0.181. The van der Waals surface area contributed by atoms with Crippen LogP contribution in [0.1, 0.15) is 13.7 Å². The summed E-state index contributed by atoms with van der Waals surface area (Å²) < 4.78 is 90.5. The van der Waals surface area contributed by atoms with Gasteiger partial charge in [0.05, 0.1) is 13.7 Å². The van der Waals surface area contributed by atoms with Crippen molar-refractivity contribution in [1.82, 2.24) is 15.0 Å². The van der Waals surface area contributed by atoms with E-state index in [2.05, 4.69) is 6.07 Å². The summed E-state index contributed by atoms with van der Waals surface area (Å²) in [5.74, 6) is 0.684. The van der Waals surface area contributed by atoms with Gasteiger partial charge in [-0.15, -0.1) is 0 Å². The van der Waals surface area contributed by atoms with E-state index < -0.39 is 18.1 Å². The van der Waals surface area contributed by atoms with Crippen molar-refractivity contribution in [2.75, 3.05) is 0 Å². The number of fused-ring (bicyclic) bond motifs is 7. The van der Waals surface area contributed by atoms with Crippen molar-refractivity contribution in [3.8, 4) is 45.3 Å². The van der Waals surface area contributed by atoms with Gasteiger partial charge in [-0.1, -0.05) is 133 Å². The molecule has 0 N–H and O–H groups in total. The number of nitrogens with zero attached hydrogens (tertiary/aromatic N) is 3. The third-order valence-electron chi connectivity index (χ3n) is 8.83. The monoisotopic (exact) mass is 635 g/mol. The summed E-state index contributed by atoms with van der Waals surface area (Å²) in [6.45, 7) is 0. The second-order valence-electron chi connectivity index (χ2n) is 11.7. The highest BCUT2D eigenvalue weighted by Crippen LogP contribution is 2.39. The summed E-state index contributed by atoms with van der Waals surface area (Å²) in [4.78, 5) is 15.1. The van der Waals surface area contributed by atoms with Gasteiger partial charge in [0.25, 0.3) is 0 Å². The van der Waals surface area contributed by atoms with E-state index in [1.807, 2.05) is 72.8 Å². The topological polar surface area (TPSA) is 51.8 Å². The van der Waals surface area contributed by atoms with E-state index in [4.69, 9.17) is 31.7 Å². The molecule has 8 aromatic carbocycles.